The quantitative estimate of drug-likeness (QED) is 0.850. The molecule has 0 atom stereocenters. The van der Waals surface area contributed by atoms with Gasteiger partial charge in [-0.3, -0.25) is 9.89 Å². The predicted octanol–water partition coefficient (Wildman–Crippen LogP) is 2.01. The van der Waals surface area contributed by atoms with Crippen LogP contribution in [0.2, 0.25) is 0 Å². The number of carbonyl (C=O) groups excluding carboxylic acids is 1. The molecule has 2 aromatic rings. The Balaban J connectivity index is 2.35. The lowest BCUT2D eigenvalue weighted by Crippen LogP contribution is -2.27. The fourth-order valence-corrected chi connectivity index (χ4v) is 1.85. The number of H-pyrrole nitrogens is 1. The first kappa shape index (κ1) is 12.2. The molecule has 2 rings (SSSR count). The smallest absolute Gasteiger partial charge is 0.261 e. The summed E-state index contributed by atoms with van der Waals surface area (Å²) in [6.45, 7) is 3.59. The van der Waals surface area contributed by atoms with Crippen LogP contribution in [-0.2, 0) is 0 Å². The van der Waals surface area contributed by atoms with Crippen molar-refractivity contribution in [3.05, 3.63) is 41.2 Å². The molecule has 2 N–H and O–H groups in total. The topological polar surface area (TPSA) is 69.2 Å². The fourth-order valence-electron chi connectivity index (χ4n) is 1.85. The Bertz CT molecular complexity index is 570. The van der Waals surface area contributed by atoms with E-state index in [4.69, 9.17) is 0 Å². The van der Waals surface area contributed by atoms with Crippen LogP contribution in [0.3, 0.4) is 0 Å². The van der Waals surface area contributed by atoms with E-state index in [1.807, 2.05) is 6.92 Å². The maximum absolute atomic E-state index is 12.3. The molecule has 5 nitrogen and oxygen atoms in total. The van der Waals surface area contributed by atoms with Crippen LogP contribution in [0.5, 0.6) is 5.75 Å². The van der Waals surface area contributed by atoms with Crippen LogP contribution in [0.4, 0.5) is 5.69 Å². The summed E-state index contributed by atoms with van der Waals surface area (Å²) in [4.78, 5) is 13.8. The molecule has 0 saturated heterocycles. The highest BCUT2D eigenvalue weighted by molar-refractivity contribution is 6.07. The number of phenols is 1. The molecule has 0 radical (unpaired) electrons. The van der Waals surface area contributed by atoms with Crippen molar-refractivity contribution < 1.29 is 9.90 Å². The zero-order valence-corrected chi connectivity index (χ0v) is 10.6. The molecule has 0 aliphatic rings. The van der Waals surface area contributed by atoms with E-state index in [-0.39, 0.29) is 11.7 Å². The minimum absolute atomic E-state index is 0.132. The molecular formula is C13H15N3O2. The van der Waals surface area contributed by atoms with Crippen LogP contribution in [0.15, 0.2) is 24.3 Å². The zero-order chi connectivity index (χ0) is 13.3. The molecule has 0 saturated carbocycles. The lowest BCUT2D eigenvalue weighted by molar-refractivity contribution is 0.0992. The van der Waals surface area contributed by atoms with Gasteiger partial charge in [-0.05, 0) is 26.0 Å². The highest BCUT2D eigenvalue weighted by Crippen LogP contribution is 2.22. The third kappa shape index (κ3) is 2.07. The Morgan fingerprint density at radius 3 is 2.67 bits per heavy atom. The number of hydrogen-bond acceptors (Lipinski definition) is 3. The number of benzene rings is 1. The van der Waals surface area contributed by atoms with Crippen LogP contribution < -0.4 is 4.90 Å². The van der Waals surface area contributed by atoms with Gasteiger partial charge < -0.3 is 10.0 Å². The maximum Gasteiger partial charge on any atom is 0.261 e. The molecule has 0 unspecified atom stereocenters. The van der Waals surface area contributed by atoms with Crippen molar-refractivity contribution in [3.63, 3.8) is 0 Å². The summed E-state index contributed by atoms with van der Waals surface area (Å²) in [7, 11) is 1.67. The van der Waals surface area contributed by atoms with E-state index in [1.54, 1.807) is 38.2 Å². The molecule has 1 aromatic carbocycles. The lowest BCUT2D eigenvalue weighted by atomic mass is 10.1. The van der Waals surface area contributed by atoms with Crippen molar-refractivity contribution in [2.75, 3.05) is 11.9 Å². The molecular weight excluding hydrogens is 230 g/mol. The van der Waals surface area contributed by atoms with E-state index in [0.29, 0.717) is 16.9 Å². The summed E-state index contributed by atoms with van der Waals surface area (Å²) in [5.74, 6) is -0.0165. The number of aromatic hydroxyl groups is 1. The summed E-state index contributed by atoms with van der Waals surface area (Å²) in [5.41, 5.74) is 2.62. The van der Waals surface area contributed by atoms with Gasteiger partial charge in [0, 0.05) is 24.5 Å². The highest BCUT2D eigenvalue weighted by atomic mass is 16.3. The van der Waals surface area contributed by atoms with Crippen LogP contribution >= 0.6 is 0 Å². The standard InChI is InChI=1S/C13H15N3O2/c1-8-12(9(2)15-14-8)13(18)16(3)10-5-4-6-11(17)7-10/h4-7,17H,1-3H3,(H,14,15). The minimum Gasteiger partial charge on any atom is -0.508 e. The Hall–Kier alpha value is -2.30. The Morgan fingerprint density at radius 2 is 2.11 bits per heavy atom. The third-order valence-corrected chi connectivity index (χ3v) is 2.86. The molecule has 5 heteroatoms. The number of amides is 1. The monoisotopic (exact) mass is 245 g/mol. The first-order chi connectivity index (χ1) is 8.50. The number of rotatable bonds is 2. The van der Waals surface area contributed by atoms with Gasteiger partial charge in [0.15, 0.2) is 0 Å². The van der Waals surface area contributed by atoms with E-state index in [1.165, 1.54) is 4.90 Å². The minimum atomic E-state index is -0.149. The number of carbonyl (C=O) groups is 1. The summed E-state index contributed by atoms with van der Waals surface area (Å²) < 4.78 is 0. The maximum atomic E-state index is 12.3. The normalized spacial score (nSPS) is 10.4. The van der Waals surface area contributed by atoms with Crippen molar-refractivity contribution >= 4 is 11.6 Å². The summed E-state index contributed by atoms with van der Waals surface area (Å²) >= 11 is 0. The Kier molecular flexibility index (Phi) is 3.06. The highest BCUT2D eigenvalue weighted by Gasteiger charge is 2.20. The fraction of sp³-hybridized carbons (Fsp3) is 0.231. The molecule has 0 spiro atoms. The average Bonchev–Trinajstić information content (AvgIpc) is 2.67. The number of aromatic amines is 1. The van der Waals surface area contributed by atoms with Crippen LogP contribution in [0.25, 0.3) is 0 Å². The van der Waals surface area contributed by atoms with Gasteiger partial charge in [0.2, 0.25) is 0 Å². The number of anilines is 1. The van der Waals surface area contributed by atoms with Gasteiger partial charge in [0.25, 0.3) is 5.91 Å². The van der Waals surface area contributed by atoms with Crippen LogP contribution in [-0.4, -0.2) is 28.3 Å². The van der Waals surface area contributed by atoms with Crippen molar-refractivity contribution in [2.24, 2.45) is 0 Å². The van der Waals surface area contributed by atoms with Gasteiger partial charge in [0.1, 0.15) is 5.75 Å². The second kappa shape index (κ2) is 4.52. The number of phenolic OH excluding ortho intramolecular Hbond substituents is 1. The molecule has 94 valence electrons. The predicted molar refractivity (Wildman–Crippen MR) is 68.9 cm³/mol. The van der Waals surface area contributed by atoms with Crippen molar-refractivity contribution in [2.45, 2.75) is 13.8 Å². The van der Waals surface area contributed by atoms with Gasteiger partial charge in [0.05, 0.1) is 11.3 Å². The van der Waals surface area contributed by atoms with E-state index in [0.717, 1.165) is 5.69 Å². The van der Waals surface area contributed by atoms with Gasteiger partial charge >= 0.3 is 0 Å². The molecule has 0 bridgehead atoms. The molecule has 1 aromatic heterocycles. The van der Waals surface area contributed by atoms with Gasteiger partial charge in [-0.2, -0.15) is 5.10 Å². The molecule has 0 aliphatic carbocycles. The average molecular weight is 245 g/mol. The summed E-state index contributed by atoms with van der Waals surface area (Å²) in [5, 5.41) is 16.2. The van der Waals surface area contributed by atoms with Crippen LogP contribution in [0.1, 0.15) is 21.7 Å². The van der Waals surface area contributed by atoms with Crippen molar-refractivity contribution in [1.29, 1.82) is 0 Å². The summed E-state index contributed by atoms with van der Waals surface area (Å²) in [6.07, 6.45) is 0. The van der Waals surface area contributed by atoms with E-state index in [9.17, 15) is 9.90 Å². The largest absolute Gasteiger partial charge is 0.508 e. The van der Waals surface area contributed by atoms with Crippen molar-refractivity contribution in [1.82, 2.24) is 10.2 Å². The zero-order valence-electron chi connectivity index (χ0n) is 10.6. The van der Waals surface area contributed by atoms with E-state index < -0.39 is 0 Å². The first-order valence-electron chi connectivity index (χ1n) is 5.59. The molecule has 1 heterocycles. The molecule has 0 fully saturated rings. The van der Waals surface area contributed by atoms with Gasteiger partial charge in [-0.15, -0.1) is 0 Å². The number of aromatic nitrogens is 2. The second-order valence-electron chi connectivity index (χ2n) is 4.19. The van der Waals surface area contributed by atoms with Crippen LogP contribution in [0, 0.1) is 13.8 Å². The Labute approximate surface area is 105 Å². The SMILES string of the molecule is Cc1n[nH]c(C)c1C(=O)N(C)c1cccc(O)c1. The number of hydrogen-bond donors (Lipinski definition) is 2. The lowest BCUT2D eigenvalue weighted by Gasteiger charge is -2.17. The number of nitrogens with zero attached hydrogens (tertiary/aromatic N) is 2. The number of nitrogens with one attached hydrogen (secondary N) is 1. The van der Waals surface area contributed by atoms with Crippen molar-refractivity contribution in [3.8, 4) is 5.75 Å². The third-order valence-electron chi connectivity index (χ3n) is 2.86. The molecule has 0 aliphatic heterocycles. The van der Waals surface area contributed by atoms with E-state index >= 15 is 0 Å². The molecule has 1 amide bonds. The second-order valence-corrected chi connectivity index (χ2v) is 4.19. The molecule has 18 heavy (non-hydrogen) atoms. The van der Waals surface area contributed by atoms with Gasteiger partial charge in [-0.1, -0.05) is 6.07 Å². The Morgan fingerprint density at radius 1 is 1.39 bits per heavy atom. The first-order valence-corrected chi connectivity index (χ1v) is 5.59. The van der Waals surface area contributed by atoms with E-state index in [2.05, 4.69) is 10.2 Å². The van der Waals surface area contributed by atoms with Gasteiger partial charge in [-0.25, -0.2) is 0 Å². The number of aryl methyl sites for hydroxylation is 2. The summed E-state index contributed by atoms with van der Waals surface area (Å²) in [6, 6.07) is 6.57.